The largest absolute Gasteiger partial charge is 1.00 e. The molecule has 0 N–H and O–H groups in total. The maximum Gasteiger partial charge on any atom is 1.00 e. The molecule has 0 aliphatic heterocycles. The molecule has 0 fully saturated rings. The van der Waals surface area contributed by atoms with E-state index in [1.807, 2.05) is 13.8 Å². The number of rotatable bonds is 1. The Morgan fingerprint density at radius 3 is 2.05 bits per heavy atom. The molecule has 0 saturated heterocycles. The molecule has 0 bridgehead atoms. The minimum Gasteiger partial charge on any atom is -0.744 e. The Morgan fingerprint density at radius 2 is 1.53 bits per heavy atom. The number of fused-ring (bicyclic) bond motifs is 1. The van der Waals surface area contributed by atoms with Crippen LogP contribution in [0.5, 0.6) is 0 Å². The van der Waals surface area contributed by atoms with Gasteiger partial charge in [-0.3, -0.25) is 0 Å². The van der Waals surface area contributed by atoms with Crippen molar-refractivity contribution in [3.05, 3.63) is 54.6 Å². The van der Waals surface area contributed by atoms with Crippen LogP contribution < -0.4 is 29.6 Å². The van der Waals surface area contributed by atoms with Gasteiger partial charge in [0.1, 0.15) is 10.1 Å². The minimum atomic E-state index is -4.38. The molecule has 2 aromatic rings. The fraction of sp³-hybridized carbons (Fsp3) is 0.143. The first-order chi connectivity index (χ1) is 8.32. The summed E-state index contributed by atoms with van der Waals surface area (Å²) in [5.41, 5.74) is 1.17. The van der Waals surface area contributed by atoms with Gasteiger partial charge in [0.2, 0.25) is 0 Å². The summed E-state index contributed by atoms with van der Waals surface area (Å²) in [4.78, 5) is -0.157. The summed E-state index contributed by atoms with van der Waals surface area (Å²) in [6, 6.07) is 11.5. The Kier molecular flexibility index (Phi) is 7.55. The first-order valence-corrected chi connectivity index (χ1v) is 6.79. The summed E-state index contributed by atoms with van der Waals surface area (Å²) >= 11 is 0. The fourth-order valence-corrected chi connectivity index (χ4v) is 2.11. The average Bonchev–Trinajstić information content (AvgIpc) is 2.26. The normalized spacial score (nSPS) is 10.1. The molecule has 96 valence electrons. The van der Waals surface area contributed by atoms with E-state index < -0.39 is 10.1 Å². The second-order valence-corrected chi connectivity index (χ2v) is 5.49. The predicted octanol–water partition coefficient (Wildman–Crippen LogP) is 0.330. The summed E-state index contributed by atoms with van der Waals surface area (Å²) in [5, 5.41) is 1.23. The van der Waals surface area contributed by atoms with Gasteiger partial charge in [-0.25, -0.2) is 8.42 Å². The second kappa shape index (κ2) is 7.82. The average molecular weight is 286 g/mol. The molecule has 5 heteroatoms. The van der Waals surface area contributed by atoms with E-state index in [0.29, 0.717) is 5.39 Å². The number of benzene rings is 2. The van der Waals surface area contributed by atoms with Crippen LogP contribution >= 0.6 is 0 Å². The smallest absolute Gasteiger partial charge is 0.744 e. The number of hydrogen-bond acceptors (Lipinski definition) is 3. The van der Waals surface area contributed by atoms with Crippen LogP contribution in [0.2, 0.25) is 0 Å². The van der Waals surface area contributed by atoms with Crippen LogP contribution in [0.3, 0.4) is 0 Å². The molecule has 0 atom stereocenters. The maximum absolute atomic E-state index is 10.9. The Hall–Kier alpha value is -0.650. The topological polar surface area (TPSA) is 57.2 Å². The number of allylic oxidation sites excluding steroid dienone is 1. The molecule has 0 aromatic heterocycles. The van der Waals surface area contributed by atoms with Crippen molar-refractivity contribution >= 4 is 20.9 Å². The maximum atomic E-state index is 10.9. The summed E-state index contributed by atoms with van der Waals surface area (Å²) in [7, 11) is -4.38. The predicted molar refractivity (Wildman–Crippen MR) is 72.4 cm³/mol. The first-order valence-electron chi connectivity index (χ1n) is 5.38. The Bertz CT molecular complexity index is 654. The van der Waals surface area contributed by atoms with Crippen molar-refractivity contribution in [2.24, 2.45) is 0 Å². The van der Waals surface area contributed by atoms with E-state index in [4.69, 9.17) is 0 Å². The third-order valence-electron chi connectivity index (χ3n) is 2.02. The first kappa shape index (κ1) is 18.4. The molecule has 3 nitrogen and oxygen atoms in total. The van der Waals surface area contributed by atoms with Crippen molar-refractivity contribution in [3.63, 3.8) is 0 Å². The molecule has 0 unspecified atom stereocenters. The third-order valence-corrected chi connectivity index (χ3v) is 2.91. The van der Waals surface area contributed by atoms with Gasteiger partial charge in [-0.2, -0.15) is 0 Å². The van der Waals surface area contributed by atoms with Crippen LogP contribution in [0.1, 0.15) is 13.8 Å². The van der Waals surface area contributed by atoms with Crippen molar-refractivity contribution in [1.29, 1.82) is 0 Å². The molecule has 19 heavy (non-hydrogen) atoms. The zero-order chi connectivity index (χ0) is 13.8. The fourth-order valence-electron chi connectivity index (χ4n) is 1.41. The van der Waals surface area contributed by atoms with E-state index in [1.54, 1.807) is 36.4 Å². The van der Waals surface area contributed by atoms with Crippen LogP contribution in [0.25, 0.3) is 10.8 Å². The Morgan fingerprint density at radius 1 is 1.05 bits per heavy atom. The minimum absolute atomic E-state index is 0. The summed E-state index contributed by atoms with van der Waals surface area (Å²) in [5.74, 6) is 0. The van der Waals surface area contributed by atoms with Crippen molar-refractivity contribution in [3.8, 4) is 0 Å². The van der Waals surface area contributed by atoms with Crippen LogP contribution in [0.15, 0.2) is 59.5 Å². The molecule has 0 saturated carbocycles. The van der Waals surface area contributed by atoms with Gasteiger partial charge in [-0.1, -0.05) is 42.0 Å². The molecule has 2 rings (SSSR count). The monoisotopic (exact) mass is 286 g/mol. The van der Waals surface area contributed by atoms with Crippen molar-refractivity contribution in [2.75, 3.05) is 0 Å². The van der Waals surface area contributed by atoms with Gasteiger partial charge in [0, 0.05) is 0 Å². The van der Waals surface area contributed by atoms with Crippen molar-refractivity contribution < 1.29 is 42.5 Å². The summed E-state index contributed by atoms with van der Waals surface area (Å²) < 4.78 is 32.7. The summed E-state index contributed by atoms with van der Waals surface area (Å²) in [6.07, 6.45) is 0. The van der Waals surface area contributed by atoms with Gasteiger partial charge in [0.05, 0.1) is 4.90 Å². The third kappa shape index (κ3) is 5.89. The van der Waals surface area contributed by atoms with Crippen LogP contribution in [0.4, 0.5) is 0 Å². The van der Waals surface area contributed by atoms with Gasteiger partial charge < -0.3 is 4.55 Å². The van der Waals surface area contributed by atoms with Crippen LogP contribution in [-0.2, 0) is 10.1 Å². The molecule has 0 aliphatic rings. The molecule has 0 radical (unpaired) electrons. The van der Waals surface area contributed by atoms with Gasteiger partial charge in [-0.15, -0.1) is 6.58 Å². The zero-order valence-electron chi connectivity index (χ0n) is 11.4. The van der Waals surface area contributed by atoms with Gasteiger partial charge in [0.25, 0.3) is 0 Å². The van der Waals surface area contributed by atoms with E-state index in [-0.39, 0.29) is 34.5 Å². The molecule has 0 amide bonds. The molecule has 0 spiro atoms. The quantitative estimate of drug-likeness (QED) is 0.431. The Labute approximate surface area is 136 Å². The summed E-state index contributed by atoms with van der Waals surface area (Å²) in [6.45, 7) is 7.50. The van der Waals surface area contributed by atoms with Gasteiger partial charge in [0.15, 0.2) is 0 Å². The van der Waals surface area contributed by atoms with Gasteiger partial charge >= 0.3 is 29.6 Å². The van der Waals surface area contributed by atoms with Crippen molar-refractivity contribution in [1.82, 2.24) is 0 Å². The molecular formula is C14H15NaO3S. The molecule has 2 aromatic carbocycles. The van der Waals surface area contributed by atoms with E-state index in [9.17, 15) is 13.0 Å². The SMILES string of the molecule is C=C(C)C.O=S(=O)([O-])c1cccc2ccccc12.[Na+]. The van der Waals surface area contributed by atoms with E-state index >= 15 is 0 Å². The standard InChI is InChI=1S/C10H8O3S.C4H8.Na/c11-14(12,13)10-7-3-5-8-4-1-2-6-9(8)10;1-4(2)3;/h1-7H,(H,11,12,13);1H2,2-3H3;/q;;+1/p-1. The van der Waals surface area contributed by atoms with E-state index in [2.05, 4.69) is 6.58 Å². The second-order valence-electron chi connectivity index (χ2n) is 4.14. The van der Waals surface area contributed by atoms with E-state index in [1.165, 1.54) is 11.6 Å². The molecule has 0 heterocycles. The van der Waals surface area contributed by atoms with Crippen molar-refractivity contribution in [2.45, 2.75) is 18.7 Å². The Balaban J connectivity index is 0.000000576. The van der Waals surface area contributed by atoms with Crippen LogP contribution in [0, 0.1) is 0 Å². The molecule has 0 aliphatic carbocycles. The molecular weight excluding hydrogens is 271 g/mol. The van der Waals surface area contributed by atoms with E-state index in [0.717, 1.165) is 5.39 Å². The van der Waals surface area contributed by atoms with Gasteiger partial charge in [-0.05, 0) is 30.7 Å². The number of hydrogen-bond donors (Lipinski definition) is 0. The zero-order valence-corrected chi connectivity index (χ0v) is 14.2. The van der Waals surface area contributed by atoms with Crippen LogP contribution in [-0.4, -0.2) is 13.0 Å².